The summed E-state index contributed by atoms with van der Waals surface area (Å²) in [6.45, 7) is 1.06. The maximum atomic E-state index is 11.2. The summed E-state index contributed by atoms with van der Waals surface area (Å²) in [6.07, 6.45) is 8.30. The molecule has 0 saturated carbocycles. The lowest BCUT2D eigenvalue weighted by atomic mass is 10.1. The minimum absolute atomic E-state index is 0.153. The molecule has 3 heteroatoms. The Balaban J connectivity index is 2.08. The number of hydrogen-bond donors (Lipinski definition) is 1. The molecule has 1 N–H and O–H groups in total. The predicted octanol–water partition coefficient (Wildman–Crippen LogP) is 2.32. The van der Waals surface area contributed by atoms with Crippen LogP contribution in [-0.2, 0) is 9.53 Å². The number of carbonyl (C=O) groups is 1. The first kappa shape index (κ1) is 14.5. The molecule has 0 bridgehead atoms. The Morgan fingerprint density at radius 3 is 2.89 bits per heavy atom. The van der Waals surface area contributed by atoms with Crippen LogP contribution in [0.4, 0.5) is 0 Å². The second kappa shape index (κ2) is 9.42. The molecule has 0 heterocycles. The van der Waals surface area contributed by atoms with Crippen LogP contribution in [0.5, 0.6) is 0 Å². The summed E-state index contributed by atoms with van der Waals surface area (Å²) in [6, 6.07) is 10.1. The number of benzene rings is 1. The highest BCUT2D eigenvalue weighted by Crippen LogP contribution is 2.03. The molecule has 18 heavy (non-hydrogen) atoms. The lowest BCUT2D eigenvalue weighted by Gasteiger charge is -2.02. The van der Waals surface area contributed by atoms with Crippen LogP contribution < -0.4 is 5.32 Å². The van der Waals surface area contributed by atoms with E-state index in [9.17, 15) is 4.79 Å². The Kier molecular flexibility index (Phi) is 7.57. The Hall–Kier alpha value is -1.61. The fourth-order valence-corrected chi connectivity index (χ4v) is 1.38. The van der Waals surface area contributed by atoms with E-state index in [0.717, 1.165) is 6.42 Å². The summed E-state index contributed by atoms with van der Waals surface area (Å²) in [5.74, 6) is -0.153. The van der Waals surface area contributed by atoms with Crippen LogP contribution in [0, 0.1) is 6.42 Å². The van der Waals surface area contributed by atoms with Gasteiger partial charge < -0.3 is 10.1 Å². The first-order valence-electron chi connectivity index (χ1n) is 6.05. The summed E-state index contributed by atoms with van der Waals surface area (Å²) in [7, 11) is 1.61. The zero-order chi connectivity index (χ0) is 13.1. The molecule has 1 amide bonds. The summed E-state index contributed by atoms with van der Waals surface area (Å²) in [5.41, 5.74) is 1.17. The van der Waals surface area contributed by atoms with Crippen molar-refractivity contribution in [2.24, 2.45) is 0 Å². The fourth-order valence-electron chi connectivity index (χ4n) is 1.38. The largest absolute Gasteiger partial charge is 0.383 e. The molecule has 1 rings (SSSR count). The molecule has 1 aromatic rings. The number of ether oxygens (including phenoxy) is 1. The summed E-state index contributed by atoms with van der Waals surface area (Å²) in [5, 5.41) is 2.69. The number of methoxy groups -OCH3 is 1. The van der Waals surface area contributed by atoms with E-state index in [0.29, 0.717) is 19.6 Å². The zero-order valence-electron chi connectivity index (χ0n) is 10.7. The number of amides is 1. The van der Waals surface area contributed by atoms with Crippen LogP contribution in [0.3, 0.4) is 0 Å². The molecule has 0 aromatic heterocycles. The van der Waals surface area contributed by atoms with Crippen molar-refractivity contribution in [1.82, 2.24) is 5.32 Å². The molecule has 0 saturated heterocycles. The normalized spacial score (nSPS) is 10.7. The topological polar surface area (TPSA) is 38.3 Å². The van der Waals surface area contributed by atoms with E-state index in [1.807, 2.05) is 42.5 Å². The molecular weight excluding hydrogens is 226 g/mol. The van der Waals surface area contributed by atoms with Crippen LogP contribution in [0.1, 0.15) is 18.4 Å². The zero-order valence-corrected chi connectivity index (χ0v) is 10.7. The highest BCUT2D eigenvalue weighted by atomic mass is 16.5. The Morgan fingerprint density at radius 1 is 1.39 bits per heavy atom. The van der Waals surface area contributed by atoms with Gasteiger partial charge >= 0.3 is 0 Å². The standard InChI is InChI=1S/C15H19NO2/c1-18-13-12-16-15(17)11-7-3-6-10-14-8-4-2-5-9-14/h2,4-6,8-10H,3,7,12-13H2,1H3,(H,16,17)/b10-6+. The lowest BCUT2D eigenvalue weighted by Crippen LogP contribution is -2.26. The number of carbonyl (C=O) groups excluding carboxylic acids is 1. The third-order valence-electron chi connectivity index (χ3n) is 2.30. The number of allylic oxidation sites excluding steroid dienone is 1. The minimum Gasteiger partial charge on any atom is -0.383 e. The van der Waals surface area contributed by atoms with Crippen LogP contribution in [0.15, 0.2) is 36.4 Å². The molecule has 0 atom stereocenters. The minimum atomic E-state index is -0.153. The van der Waals surface area contributed by atoms with Gasteiger partial charge in [0.05, 0.1) is 13.0 Å². The van der Waals surface area contributed by atoms with E-state index in [4.69, 9.17) is 4.74 Å². The predicted molar refractivity (Wildman–Crippen MR) is 72.8 cm³/mol. The summed E-state index contributed by atoms with van der Waals surface area (Å²) < 4.78 is 4.83. The van der Waals surface area contributed by atoms with Crippen LogP contribution >= 0.6 is 0 Å². The third kappa shape index (κ3) is 6.86. The van der Waals surface area contributed by atoms with E-state index in [-0.39, 0.29) is 5.91 Å². The maximum Gasteiger partial charge on any atom is 0.228 e. The second-order valence-electron chi connectivity index (χ2n) is 3.78. The van der Waals surface area contributed by atoms with Gasteiger partial charge in [-0.25, -0.2) is 0 Å². The molecule has 0 aliphatic carbocycles. The molecule has 0 fully saturated rings. The molecule has 0 aliphatic heterocycles. The summed E-state index contributed by atoms with van der Waals surface area (Å²) in [4.78, 5) is 11.2. The SMILES string of the molecule is COCCNC(=O)[C]CC/C=C/c1ccccc1. The average Bonchev–Trinajstić information content (AvgIpc) is 2.40. The molecular formula is C15H19NO2. The van der Waals surface area contributed by atoms with Crippen molar-refractivity contribution in [1.29, 1.82) is 0 Å². The van der Waals surface area contributed by atoms with Gasteiger partial charge in [-0.1, -0.05) is 42.5 Å². The Bertz CT molecular complexity index is 360. The van der Waals surface area contributed by atoms with Crippen LogP contribution in [0.2, 0.25) is 0 Å². The number of nitrogens with one attached hydrogen (secondary N) is 1. The van der Waals surface area contributed by atoms with E-state index in [1.165, 1.54) is 5.56 Å². The van der Waals surface area contributed by atoms with Crippen LogP contribution in [0.25, 0.3) is 6.08 Å². The monoisotopic (exact) mass is 245 g/mol. The first-order valence-corrected chi connectivity index (χ1v) is 6.05. The third-order valence-corrected chi connectivity index (χ3v) is 2.30. The molecule has 1 aromatic carbocycles. The van der Waals surface area contributed by atoms with Crippen molar-refractivity contribution in [3.63, 3.8) is 0 Å². The van der Waals surface area contributed by atoms with Gasteiger partial charge in [0.1, 0.15) is 0 Å². The Morgan fingerprint density at radius 2 is 2.17 bits per heavy atom. The van der Waals surface area contributed by atoms with Crippen molar-refractivity contribution < 1.29 is 9.53 Å². The smallest absolute Gasteiger partial charge is 0.228 e. The summed E-state index contributed by atoms with van der Waals surface area (Å²) >= 11 is 0. The molecule has 3 nitrogen and oxygen atoms in total. The van der Waals surface area contributed by atoms with Gasteiger partial charge in [0, 0.05) is 13.7 Å². The average molecular weight is 245 g/mol. The van der Waals surface area contributed by atoms with Gasteiger partial charge in [0.2, 0.25) is 5.91 Å². The van der Waals surface area contributed by atoms with Crippen molar-refractivity contribution >= 4 is 12.0 Å². The van der Waals surface area contributed by atoms with E-state index in [1.54, 1.807) is 7.11 Å². The molecule has 0 unspecified atom stereocenters. The highest BCUT2D eigenvalue weighted by molar-refractivity contribution is 5.84. The number of hydrogen-bond acceptors (Lipinski definition) is 2. The van der Waals surface area contributed by atoms with Crippen molar-refractivity contribution in [3.05, 3.63) is 48.4 Å². The van der Waals surface area contributed by atoms with Crippen molar-refractivity contribution in [3.8, 4) is 0 Å². The van der Waals surface area contributed by atoms with Gasteiger partial charge in [0.25, 0.3) is 0 Å². The quantitative estimate of drug-likeness (QED) is 0.714. The first-order chi connectivity index (χ1) is 8.83. The van der Waals surface area contributed by atoms with Crippen molar-refractivity contribution in [2.45, 2.75) is 12.8 Å². The van der Waals surface area contributed by atoms with Gasteiger partial charge in [0.15, 0.2) is 0 Å². The van der Waals surface area contributed by atoms with Gasteiger partial charge in [-0.05, 0) is 18.4 Å². The maximum absolute atomic E-state index is 11.2. The lowest BCUT2D eigenvalue weighted by molar-refractivity contribution is -0.118. The van der Waals surface area contributed by atoms with Crippen LogP contribution in [-0.4, -0.2) is 26.2 Å². The highest BCUT2D eigenvalue weighted by Gasteiger charge is 1.99. The molecule has 2 radical (unpaired) electrons. The fraction of sp³-hybridized carbons (Fsp3) is 0.333. The Labute approximate surface area is 109 Å². The van der Waals surface area contributed by atoms with Gasteiger partial charge in [-0.2, -0.15) is 0 Å². The van der Waals surface area contributed by atoms with Gasteiger partial charge in [-0.3, -0.25) is 4.79 Å². The molecule has 96 valence electrons. The number of rotatable bonds is 8. The van der Waals surface area contributed by atoms with Crippen molar-refractivity contribution in [2.75, 3.05) is 20.3 Å². The van der Waals surface area contributed by atoms with Gasteiger partial charge in [-0.15, -0.1) is 0 Å². The molecule has 0 spiro atoms. The van der Waals surface area contributed by atoms with E-state index >= 15 is 0 Å². The van der Waals surface area contributed by atoms with E-state index < -0.39 is 0 Å². The van der Waals surface area contributed by atoms with E-state index in [2.05, 4.69) is 11.7 Å². The number of unbranched alkanes of at least 4 members (excludes halogenated alkanes) is 1. The second-order valence-corrected chi connectivity index (χ2v) is 3.78. The molecule has 0 aliphatic rings.